The van der Waals surface area contributed by atoms with Crippen LogP contribution in [0.15, 0.2) is 18.8 Å². The van der Waals surface area contributed by atoms with Crippen LogP contribution in [0.2, 0.25) is 0 Å². The van der Waals surface area contributed by atoms with Crippen molar-refractivity contribution >= 4 is 23.1 Å². The summed E-state index contributed by atoms with van der Waals surface area (Å²) in [7, 11) is 0. The van der Waals surface area contributed by atoms with Gasteiger partial charge in [-0.05, 0) is 0 Å². The summed E-state index contributed by atoms with van der Waals surface area (Å²) in [6, 6.07) is 0. The summed E-state index contributed by atoms with van der Waals surface area (Å²) >= 11 is 0. The van der Waals surface area contributed by atoms with Crippen LogP contribution < -0.4 is 0 Å². The van der Waals surface area contributed by atoms with E-state index in [2.05, 4.69) is 15.0 Å². The standard InChI is InChI=1S/C14H16N4O5/c1-8(19)21-5-12-11(22-9(2)20)3-13(23-12)18-7-17-10-4-15-6-16-14(10)18/h4,6-7,11-13H,3,5H2,1-2H3/t11-,12+,13+/m0/s1/i4D. The van der Waals surface area contributed by atoms with Crippen LogP contribution in [0.5, 0.6) is 0 Å². The molecule has 2 aromatic rings. The van der Waals surface area contributed by atoms with Crippen molar-refractivity contribution in [3.8, 4) is 0 Å². The van der Waals surface area contributed by atoms with E-state index in [9.17, 15) is 9.59 Å². The minimum atomic E-state index is -0.586. The van der Waals surface area contributed by atoms with E-state index < -0.39 is 30.4 Å². The Morgan fingerprint density at radius 1 is 1.43 bits per heavy atom. The van der Waals surface area contributed by atoms with E-state index in [1.165, 1.54) is 26.5 Å². The molecule has 122 valence electrons. The molecule has 0 bridgehead atoms. The van der Waals surface area contributed by atoms with Crippen molar-refractivity contribution in [3.05, 3.63) is 18.8 Å². The van der Waals surface area contributed by atoms with Gasteiger partial charge in [-0.2, -0.15) is 0 Å². The van der Waals surface area contributed by atoms with Crippen molar-refractivity contribution in [2.24, 2.45) is 0 Å². The molecule has 9 heteroatoms. The van der Waals surface area contributed by atoms with Crippen molar-refractivity contribution in [1.82, 2.24) is 19.5 Å². The lowest BCUT2D eigenvalue weighted by atomic mass is 10.2. The van der Waals surface area contributed by atoms with Crippen molar-refractivity contribution in [1.29, 1.82) is 0 Å². The third kappa shape index (κ3) is 3.29. The Morgan fingerprint density at radius 2 is 2.26 bits per heavy atom. The second-order valence-corrected chi connectivity index (χ2v) is 5.12. The molecule has 1 saturated heterocycles. The maximum absolute atomic E-state index is 11.3. The van der Waals surface area contributed by atoms with Crippen molar-refractivity contribution in [2.45, 2.75) is 38.7 Å². The van der Waals surface area contributed by atoms with E-state index in [0.717, 1.165) is 0 Å². The first-order chi connectivity index (χ1) is 11.5. The average molecular weight is 321 g/mol. The molecule has 3 rings (SSSR count). The van der Waals surface area contributed by atoms with Gasteiger partial charge in [0.15, 0.2) is 5.65 Å². The molecule has 0 unspecified atom stereocenters. The maximum Gasteiger partial charge on any atom is 0.303 e. The van der Waals surface area contributed by atoms with Gasteiger partial charge in [0.25, 0.3) is 0 Å². The van der Waals surface area contributed by atoms with Crippen molar-refractivity contribution in [3.63, 3.8) is 0 Å². The molecular weight excluding hydrogens is 304 g/mol. The zero-order valence-electron chi connectivity index (χ0n) is 13.6. The average Bonchev–Trinajstić information content (AvgIpc) is 3.09. The fraction of sp³-hybridized carbons (Fsp3) is 0.500. The Kier molecular flexibility index (Phi) is 3.85. The van der Waals surface area contributed by atoms with Gasteiger partial charge in [0.2, 0.25) is 0 Å². The third-order valence-corrected chi connectivity index (χ3v) is 3.43. The smallest absolute Gasteiger partial charge is 0.303 e. The van der Waals surface area contributed by atoms with E-state index in [-0.39, 0.29) is 12.8 Å². The number of fused-ring (bicyclic) bond motifs is 1. The first-order valence-electron chi connectivity index (χ1n) is 7.56. The molecule has 0 N–H and O–H groups in total. The van der Waals surface area contributed by atoms with Gasteiger partial charge in [0.1, 0.15) is 36.9 Å². The number of aromatic nitrogens is 4. The molecule has 0 amide bonds. The van der Waals surface area contributed by atoms with Crippen molar-refractivity contribution < 1.29 is 25.2 Å². The van der Waals surface area contributed by atoms with Crippen molar-refractivity contribution in [2.75, 3.05) is 6.61 Å². The predicted octanol–water partition coefficient (Wildman–Crippen LogP) is 0.609. The quantitative estimate of drug-likeness (QED) is 0.754. The van der Waals surface area contributed by atoms with Crippen LogP contribution in [-0.4, -0.2) is 50.3 Å². The van der Waals surface area contributed by atoms with Gasteiger partial charge in [-0.15, -0.1) is 0 Å². The number of rotatable bonds is 4. The lowest BCUT2D eigenvalue weighted by molar-refractivity contribution is -0.155. The fourth-order valence-corrected chi connectivity index (χ4v) is 2.50. The van der Waals surface area contributed by atoms with Gasteiger partial charge in [-0.25, -0.2) is 15.0 Å². The molecule has 0 aromatic carbocycles. The normalized spacial score (nSPS) is 24.4. The molecule has 1 aliphatic rings. The number of hydrogen-bond donors (Lipinski definition) is 0. The zero-order valence-corrected chi connectivity index (χ0v) is 12.6. The summed E-state index contributed by atoms with van der Waals surface area (Å²) in [4.78, 5) is 34.3. The Labute approximate surface area is 133 Å². The number of carbonyl (C=O) groups excluding carboxylic acids is 2. The van der Waals surface area contributed by atoms with Crippen LogP contribution >= 0.6 is 0 Å². The molecule has 9 nitrogen and oxygen atoms in total. The van der Waals surface area contributed by atoms with E-state index in [4.69, 9.17) is 15.6 Å². The monoisotopic (exact) mass is 321 g/mol. The van der Waals surface area contributed by atoms with Crippen LogP contribution in [0.25, 0.3) is 11.2 Å². The number of carbonyl (C=O) groups is 2. The molecule has 0 radical (unpaired) electrons. The zero-order chi connectivity index (χ0) is 17.3. The minimum Gasteiger partial charge on any atom is -0.463 e. The van der Waals surface area contributed by atoms with Gasteiger partial charge >= 0.3 is 11.9 Å². The molecule has 3 atom stereocenters. The van der Waals surface area contributed by atoms with Gasteiger partial charge in [-0.3, -0.25) is 14.2 Å². The van der Waals surface area contributed by atoms with Gasteiger partial charge < -0.3 is 14.2 Å². The van der Waals surface area contributed by atoms with Crippen LogP contribution in [0.1, 0.15) is 27.9 Å². The van der Waals surface area contributed by atoms with Gasteiger partial charge in [0.05, 0.1) is 13.9 Å². The fourth-order valence-electron chi connectivity index (χ4n) is 2.50. The van der Waals surface area contributed by atoms with E-state index in [0.29, 0.717) is 17.6 Å². The highest BCUT2D eigenvalue weighted by Crippen LogP contribution is 2.32. The second-order valence-electron chi connectivity index (χ2n) is 5.12. The lowest BCUT2D eigenvalue weighted by Gasteiger charge is -2.17. The van der Waals surface area contributed by atoms with Crippen LogP contribution in [0.3, 0.4) is 0 Å². The molecule has 2 aromatic heterocycles. The minimum absolute atomic E-state index is 0.0183. The van der Waals surface area contributed by atoms with Crippen LogP contribution in [0.4, 0.5) is 0 Å². The second kappa shape index (κ2) is 6.29. The van der Waals surface area contributed by atoms with Crippen LogP contribution in [0, 0.1) is 0 Å². The highest BCUT2D eigenvalue weighted by molar-refractivity contribution is 5.69. The SMILES string of the molecule is [2H]c1ncnc2c1ncn2[C@H]1C[C@H](OC(C)=O)[C@@H](COC(C)=O)O1. The third-order valence-electron chi connectivity index (χ3n) is 3.43. The summed E-state index contributed by atoms with van der Waals surface area (Å²) in [6.07, 6.45) is 1.51. The van der Waals surface area contributed by atoms with Gasteiger partial charge in [0, 0.05) is 20.3 Å². The summed E-state index contributed by atoms with van der Waals surface area (Å²) in [5.74, 6) is -0.883. The molecule has 23 heavy (non-hydrogen) atoms. The van der Waals surface area contributed by atoms with E-state index in [1.54, 1.807) is 4.57 Å². The lowest BCUT2D eigenvalue weighted by Crippen LogP contribution is -2.31. The molecule has 3 heterocycles. The topological polar surface area (TPSA) is 105 Å². The molecule has 1 aliphatic heterocycles. The number of ether oxygens (including phenoxy) is 3. The van der Waals surface area contributed by atoms with E-state index in [1.807, 2.05) is 0 Å². The number of esters is 2. The number of nitrogens with zero attached hydrogens (tertiary/aromatic N) is 4. The summed E-state index contributed by atoms with van der Waals surface area (Å²) in [5, 5.41) is 0. The molecule has 0 spiro atoms. The predicted molar refractivity (Wildman–Crippen MR) is 76.0 cm³/mol. The first kappa shape index (κ1) is 14.1. The molecule has 1 fully saturated rings. The Bertz CT molecular complexity index is 780. The summed E-state index contributed by atoms with van der Waals surface area (Å²) in [6.45, 7) is 2.58. The molecular formula is C14H16N4O5. The highest BCUT2D eigenvalue weighted by Gasteiger charge is 2.39. The molecule has 0 saturated carbocycles. The first-order valence-corrected chi connectivity index (χ1v) is 7.06. The largest absolute Gasteiger partial charge is 0.463 e. The summed E-state index contributed by atoms with van der Waals surface area (Å²) in [5.41, 5.74) is 0.809. The highest BCUT2D eigenvalue weighted by atomic mass is 16.6. The Balaban J connectivity index is 1.84. The number of imidazole rings is 1. The summed E-state index contributed by atoms with van der Waals surface area (Å²) < 4.78 is 25.5. The van der Waals surface area contributed by atoms with Gasteiger partial charge in [-0.1, -0.05) is 0 Å². The Morgan fingerprint density at radius 3 is 3.00 bits per heavy atom. The van der Waals surface area contributed by atoms with Crippen LogP contribution in [-0.2, 0) is 23.8 Å². The number of hydrogen-bond acceptors (Lipinski definition) is 8. The maximum atomic E-state index is 11.3. The molecule has 0 aliphatic carbocycles. The van der Waals surface area contributed by atoms with E-state index >= 15 is 0 Å². The Hall–Kier alpha value is -2.55.